The van der Waals surface area contributed by atoms with Crippen LogP contribution in [0.2, 0.25) is 0 Å². The number of rotatable bonds is 8. The van der Waals surface area contributed by atoms with Crippen molar-refractivity contribution in [1.82, 2.24) is 0 Å². The first-order valence-corrected chi connectivity index (χ1v) is 9.32. The number of benzene rings is 3. The summed E-state index contributed by atoms with van der Waals surface area (Å²) in [5.41, 5.74) is 7.77. The first kappa shape index (κ1) is 20.2. The fraction of sp³-hybridized carbons (Fsp3) is 0.250. The first-order valence-electron chi connectivity index (χ1n) is 9.32. The minimum Gasteiger partial charge on any atom is -0.386 e. The van der Waals surface area contributed by atoms with Gasteiger partial charge in [0.05, 0.1) is 0 Å². The molecule has 4 nitrogen and oxygen atoms in total. The van der Waals surface area contributed by atoms with Gasteiger partial charge in [-0.25, -0.2) is 0 Å². The third-order valence-electron chi connectivity index (χ3n) is 5.41. The van der Waals surface area contributed by atoms with Gasteiger partial charge < -0.3 is 20.3 Å². The molecule has 3 rings (SSSR count). The van der Waals surface area contributed by atoms with Gasteiger partial charge in [-0.15, -0.1) is 0 Å². The van der Waals surface area contributed by atoms with E-state index in [1.54, 1.807) is 14.2 Å². The zero-order valence-electron chi connectivity index (χ0n) is 16.3. The average molecular weight is 377 g/mol. The van der Waals surface area contributed by atoms with E-state index in [9.17, 15) is 5.11 Å². The highest BCUT2D eigenvalue weighted by molar-refractivity contribution is 5.54. The molecule has 146 valence electrons. The SMILES string of the molecule is COC(OC)(C(O)CN)C(c1ccccc1)(c1ccccc1)c1ccccc1. The van der Waals surface area contributed by atoms with Crippen LogP contribution >= 0.6 is 0 Å². The van der Waals surface area contributed by atoms with Crippen LogP contribution in [0.5, 0.6) is 0 Å². The van der Waals surface area contributed by atoms with E-state index in [0.29, 0.717) is 0 Å². The highest BCUT2D eigenvalue weighted by atomic mass is 16.7. The molecule has 1 unspecified atom stereocenters. The Morgan fingerprint density at radius 2 is 1.04 bits per heavy atom. The van der Waals surface area contributed by atoms with E-state index in [-0.39, 0.29) is 6.54 Å². The van der Waals surface area contributed by atoms with Crippen molar-refractivity contribution in [2.45, 2.75) is 17.3 Å². The molecule has 0 aliphatic carbocycles. The van der Waals surface area contributed by atoms with Crippen LogP contribution in [0.1, 0.15) is 16.7 Å². The average Bonchev–Trinajstić information content (AvgIpc) is 2.79. The predicted molar refractivity (Wildman–Crippen MR) is 111 cm³/mol. The minimum atomic E-state index is -1.45. The number of methoxy groups -OCH3 is 2. The maximum absolute atomic E-state index is 11.1. The van der Waals surface area contributed by atoms with E-state index < -0.39 is 17.3 Å². The molecule has 0 aliphatic heterocycles. The summed E-state index contributed by atoms with van der Waals surface area (Å²) in [6, 6.07) is 29.9. The molecular weight excluding hydrogens is 350 g/mol. The van der Waals surface area contributed by atoms with Crippen LogP contribution in [0, 0.1) is 0 Å². The molecule has 0 fully saturated rings. The molecule has 0 bridgehead atoms. The molecule has 1 atom stereocenters. The lowest BCUT2D eigenvalue weighted by Gasteiger charge is -2.51. The summed E-state index contributed by atoms with van der Waals surface area (Å²) < 4.78 is 12.0. The minimum absolute atomic E-state index is 0.0179. The normalized spacial score (nSPS) is 13.3. The fourth-order valence-electron chi connectivity index (χ4n) is 4.23. The smallest absolute Gasteiger partial charge is 0.213 e. The van der Waals surface area contributed by atoms with Crippen molar-refractivity contribution in [3.63, 3.8) is 0 Å². The quantitative estimate of drug-likeness (QED) is 0.467. The van der Waals surface area contributed by atoms with Gasteiger partial charge in [-0.3, -0.25) is 0 Å². The third kappa shape index (κ3) is 3.05. The van der Waals surface area contributed by atoms with Crippen LogP contribution in [-0.2, 0) is 14.9 Å². The highest BCUT2D eigenvalue weighted by Gasteiger charge is 2.60. The Labute approximate surface area is 166 Å². The largest absolute Gasteiger partial charge is 0.386 e. The van der Waals surface area contributed by atoms with Gasteiger partial charge in [-0.1, -0.05) is 91.0 Å². The number of hydrogen-bond acceptors (Lipinski definition) is 4. The molecule has 3 N–H and O–H groups in total. The van der Waals surface area contributed by atoms with E-state index in [0.717, 1.165) is 16.7 Å². The van der Waals surface area contributed by atoms with Crippen LogP contribution in [0.3, 0.4) is 0 Å². The van der Waals surface area contributed by atoms with Crippen molar-refractivity contribution in [3.8, 4) is 0 Å². The monoisotopic (exact) mass is 377 g/mol. The molecule has 0 aliphatic rings. The molecule has 0 heterocycles. The summed E-state index contributed by atoms with van der Waals surface area (Å²) in [5.74, 6) is -1.45. The van der Waals surface area contributed by atoms with Crippen LogP contribution in [-0.4, -0.2) is 37.8 Å². The highest BCUT2D eigenvalue weighted by Crippen LogP contribution is 2.50. The first-order chi connectivity index (χ1) is 13.7. The summed E-state index contributed by atoms with van der Waals surface area (Å²) >= 11 is 0. The second-order valence-electron chi connectivity index (χ2n) is 6.68. The number of nitrogens with two attached hydrogens (primary N) is 1. The Morgan fingerprint density at radius 1 is 0.714 bits per heavy atom. The standard InChI is InChI=1S/C24H27NO3/c1-27-24(28-2,22(26)18-25)23(19-12-6-3-7-13-19,20-14-8-4-9-15-20)21-16-10-5-11-17-21/h3-17,22,26H,18,25H2,1-2H3. The summed E-state index contributed by atoms with van der Waals surface area (Å²) in [5, 5.41) is 11.1. The van der Waals surface area contributed by atoms with Gasteiger partial charge in [0.25, 0.3) is 0 Å². The zero-order valence-corrected chi connectivity index (χ0v) is 16.3. The van der Waals surface area contributed by atoms with Crippen molar-refractivity contribution in [2.24, 2.45) is 5.73 Å². The van der Waals surface area contributed by atoms with Gasteiger partial charge in [0, 0.05) is 20.8 Å². The van der Waals surface area contributed by atoms with Crippen molar-refractivity contribution in [2.75, 3.05) is 20.8 Å². The number of ether oxygens (including phenoxy) is 2. The lowest BCUT2D eigenvalue weighted by atomic mass is 9.62. The molecule has 0 saturated heterocycles. The van der Waals surface area contributed by atoms with Gasteiger partial charge in [-0.05, 0) is 16.7 Å². The topological polar surface area (TPSA) is 64.7 Å². The van der Waals surface area contributed by atoms with Gasteiger partial charge in [0.1, 0.15) is 11.5 Å². The molecule has 0 radical (unpaired) electrons. The molecule has 0 saturated carbocycles. The molecule has 3 aromatic carbocycles. The van der Waals surface area contributed by atoms with E-state index in [1.165, 1.54) is 0 Å². The van der Waals surface area contributed by atoms with Gasteiger partial charge in [0.2, 0.25) is 5.79 Å². The predicted octanol–water partition coefficient (Wildman–Crippen LogP) is 3.33. The van der Waals surface area contributed by atoms with Crippen molar-refractivity contribution in [1.29, 1.82) is 0 Å². The second kappa shape index (κ2) is 8.67. The van der Waals surface area contributed by atoms with E-state index in [1.807, 2.05) is 91.0 Å². The van der Waals surface area contributed by atoms with E-state index >= 15 is 0 Å². The molecular formula is C24H27NO3. The fourth-order valence-corrected chi connectivity index (χ4v) is 4.23. The van der Waals surface area contributed by atoms with Crippen molar-refractivity contribution < 1.29 is 14.6 Å². The summed E-state index contributed by atoms with van der Waals surface area (Å²) in [7, 11) is 3.10. The molecule has 28 heavy (non-hydrogen) atoms. The molecule has 0 spiro atoms. The van der Waals surface area contributed by atoms with Crippen LogP contribution in [0.25, 0.3) is 0 Å². The molecule has 0 aromatic heterocycles. The van der Waals surface area contributed by atoms with E-state index in [4.69, 9.17) is 15.2 Å². The van der Waals surface area contributed by atoms with E-state index in [2.05, 4.69) is 0 Å². The van der Waals surface area contributed by atoms with Crippen molar-refractivity contribution in [3.05, 3.63) is 108 Å². The lowest BCUT2D eigenvalue weighted by molar-refractivity contribution is -0.280. The maximum Gasteiger partial charge on any atom is 0.213 e. The van der Waals surface area contributed by atoms with Crippen molar-refractivity contribution >= 4 is 0 Å². The van der Waals surface area contributed by atoms with Crippen LogP contribution < -0.4 is 5.73 Å². The number of aliphatic hydroxyl groups is 1. The summed E-state index contributed by atoms with van der Waals surface area (Å²) in [6.07, 6.45) is -1.08. The second-order valence-corrected chi connectivity index (χ2v) is 6.68. The van der Waals surface area contributed by atoms with Gasteiger partial charge >= 0.3 is 0 Å². The molecule has 3 aromatic rings. The summed E-state index contributed by atoms with van der Waals surface area (Å²) in [4.78, 5) is 0. The number of hydrogen-bond donors (Lipinski definition) is 2. The Balaban J connectivity index is 2.51. The van der Waals surface area contributed by atoms with Crippen LogP contribution in [0.4, 0.5) is 0 Å². The Morgan fingerprint density at radius 3 is 1.29 bits per heavy atom. The third-order valence-corrected chi connectivity index (χ3v) is 5.41. The maximum atomic E-state index is 11.1. The molecule has 0 amide bonds. The zero-order chi connectivity index (χ0) is 20.0. The Bertz CT molecular complexity index is 752. The van der Waals surface area contributed by atoms with Gasteiger partial charge in [-0.2, -0.15) is 0 Å². The Hall–Kier alpha value is -2.50. The summed E-state index contributed by atoms with van der Waals surface area (Å²) in [6.45, 7) is -0.0179. The molecule has 4 heteroatoms. The Kier molecular flexibility index (Phi) is 6.27. The lowest BCUT2D eigenvalue weighted by Crippen LogP contribution is -2.64. The van der Waals surface area contributed by atoms with Gasteiger partial charge in [0.15, 0.2) is 0 Å². The number of aliphatic hydroxyl groups excluding tert-OH is 1. The van der Waals surface area contributed by atoms with Crippen LogP contribution in [0.15, 0.2) is 91.0 Å².